The van der Waals surface area contributed by atoms with E-state index in [4.69, 9.17) is 92.8 Å². The van der Waals surface area contributed by atoms with E-state index in [1.165, 1.54) is 35.4 Å². The minimum absolute atomic E-state index is 0. The minimum atomic E-state index is -0.303. The Hall–Kier alpha value is -1.97. The molecule has 9 nitrogen and oxygen atoms in total. The van der Waals surface area contributed by atoms with E-state index < -0.39 is 0 Å². The molecule has 2 unspecified atom stereocenters. The van der Waals surface area contributed by atoms with Crippen LogP contribution in [0.4, 0.5) is 32.8 Å². The second kappa shape index (κ2) is 29.8. The van der Waals surface area contributed by atoms with Gasteiger partial charge in [-0.05, 0) is 96.1 Å². The van der Waals surface area contributed by atoms with Crippen molar-refractivity contribution in [2.24, 2.45) is 0 Å². The molecule has 0 amide bonds. The zero-order chi connectivity index (χ0) is 45.3. The van der Waals surface area contributed by atoms with E-state index in [9.17, 15) is 4.39 Å². The summed E-state index contributed by atoms with van der Waals surface area (Å²) in [6.45, 7) is 18.6. The fraction of sp³-hybridized carbons (Fsp3) is 0.170. The second-order valence-corrected chi connectivity index (χ2v) is 16.3. The van der Waals surface area contributed by atoms with Crippen molar-refractivity contribution in [2.45, 2.75) is 12.1 Å². The molecule has 326 valence electrons. The van der Waals surface area contributed by atoms with Crippen LogP contribution in [0, 0.1) is 19.0 Å². The maximum absolute atomic E-state index is 12.1. The summed E-state index contributed by atoms with van der Waals surface area (Å²) in [5, 5.41) is 15.9. The Labute approximate surface area is 495 Å². The van der Waals surface area contributed by atoms with Gasteiger partial charge in [-0.25, -0.2) is 14.1 Å². The summed E-state index contributed by atoms with van der Waals surface area (Å²) in [4.78, 5) is 24.8. The van der Waals surface area contributed by atoms with Gasteiger partial charge < -0.3 is 31.6 Å². The van der Waals surface area contributed by atoms with E-state index in [2.05, 4.69) is 58.9 Å². The first-order chi connectivity index (χ1) is 30.4. The molecular formula is C47H39Cl6FK2N6O3. The summed E-state index contributed by atoms with van der Waals surface area (Å²) < 4.78 is 12.1. The zero-order valence-electron chi connectivity index (χ0n) is 36.3. The van der Waals surface area contributed by atoms with Gasteiger partial charge in [0.15, 0.2) is 11.4 Å². The number of nitrogens with one attached hydrogen (secondary N) is 1. The molecule has 2 saturated heterocycles. The summed E-state index contributed by atoms with van der Waals surface area (Å²) in [7, 11) is 0. The van der Waals surface area contributed by atoms with Crippen LogP contribution >= 0.6 is 69.6 Å². The molecule has 2 atom stereocenters. The van der Waals surface area contributed by atoms with Gasteiger partial charge in [-0.2, -0.15) is 0 Å². The molecule has 8 rings (SSSR count). The Morgan fingerprint density at radius 3 is 1.51 bits per heavy atom. The maximum Gasteiger partial charge on any atom is 1.00 e. The summed E-state index contributed by atoms with van der Waals surface area (Å²) in [5.41, 5.74) is 6.60. The number of carbonyl (C=O) groups excluding carboxylic acids is 1. The Kier molecular flexibility index (Phi) is 26.3. The van der Waals surface area contributed by atoms with Gasteiger partial charge >= 0.3 is 103 Å². The van der Waals surface area contributed by atoms with Crippen LogP contribution in [0.5, 0.6) is 0 Å². The Balaban J connectivity index is 0.000000353. The van der Waals surface area contributed by atoms with Crippen molar-refractivity contribution in [3.8, 4) is 0 Å². The molecule has 65 heavy (non-hydrogen) atoms. The predicted octanol–water partition coefficient (Wildman–Crippen LogP) is 6.99. The molecule has 1 N–H and O–H groups in total. The SMILES string of the molecule is Clc1ccc(C2CNCCN2c2ccc(Cl)cc2Cl)cc1.O=CO[O-].[C-]#[N+]c1ccc(F)cc1.[C-]#[N+]c1ccc(N2CCN(c3ccc(Cl)cc3Cl)C(c3ccc(Cl)cc3)C2)cc1.[H-].[K+].[K+]. The number of rotatable bonds is 6. The first-order valence-electron chi connectivity index (χ1n) is 19.2. The molecular weight excluding hydrogens is 1010 g/mol. The van der Waals surface area contributed by atoms with Crippen LogP contribution in [0.15, 0.2) is 133 Å². The van der Waals surface area contributed by atoms with Gasteiger partial charge in [0, 0.05) is 65.0 Å². The molecule has 0 radical (unpaired) electrons. The third-order valence-electron chi connectivity index (χ3n) is 9.91. The van der Waals surface area contributed by atoms with E-state index in [1.807, 2.05) is 72.8 Å². The average molecular weight is 1050 g/mol. The van der Waals surface area contributed by atoms with Gasteiger partial charge in [0.2, 0.25) is 0 Å². The molecule has 2 aliphatic rings. The zero-order valence-corrected chi connectivity index (χ0v) is 46.1. The smallest absolute Gasteiger partial charge is 1.00 e. The molecule has 0 aromatic heterocycles. The summed E-state index contributed by atoms with van der Waals surface area (Å²) in [6, 6.07) is 40.8. The van der Waals surface area contributed by atoms with Crippen molar-refractivity contribution in [3.05, 3.63) is 203 Å². The van der Waals surface area contributed by atoms with Gasteiger partial charge in [-0.1, -0.05) is 118 Å². The summed E-state index contributed by atoms with van der Waals surface area (Å²) in [5.74, 6) is -0.303. The summed E-state index contributed by atoms with van der Waals surface area (Å²) in [6.07, 6.45) is 0. The van der Waals surface area contributed by atoms with Crippen LogP contribution in [0.3, 0.4) is 0 Å². The van der Waals surface area contributed by atoms with E-state index in [-0.39, 0.29) is 129 Å². The number of hydrogen-bond donors (Lipinski definition) is 1. The van der Waals surface area contributed by atoms with Crippen molar-refractivity contribution in [1.29, 1.82) is 0 Å². The Morgan fingerprint density at radius 2 is 1.06 bits per heavy atom. The molecule has 0 spiro atoms. The van der Waals surface area contributed by atoms with Crippen LogP contribution in [-0.4, -0.2) is 45.7 Å². The monoisotopic (exact) mass is 1040 g/mol. The number of halogens is 7. The van der Waals surface area contributed by atoms with Crippen molar-refractivity contribution < 1.29 is 124 Å². The first kappa shape index (κ1) is 57.4. The number of anilines is 3. The second-order valence-electron chi connectivity index (χ2n) is 13.8. The molecule has 18 heteroatoms. The predicted molar refractivity (Wildman–Crippen MR) is 255 cm³/mol. The topological polar surface area (TPSA) is 79.8 Å². The molecule has 0 bridgehead atoms. The number of hydrogen-bond acceptors (Lipinski definition) is 7. The van der Waals surface area contributed by atoms with Gasteiger partial charge in [0.25, 0.3) is 6.47 Å². The van der Waals surface area contributed by atoms with Crippen LogP contribution in [0.25, 0.3) is 9.69 Å². The maximum atomic E-state index is 12.1. The van der Waals surface area contributed by atoms with Gasteiger partial charge in [0.05, 0.1) is 46.6 Å². The number of piperazine rings is 2. The largest absolute Gasteiger partial charge is 1.00 e. The van der Waals surface area contributed by atoms with Crippen LogP contribution < -0.4 is 128 Å². The number of nitrogens with zero attached hydrogens (tertiary/aromatic N) is 5. The Morgan fingerprint density at radius 1 is 0.631 bits per heavy atom. The molecule has 2 aliphatic heterocycles. The van der Waals surface area contributed by atoms with Crippen molar-refractivity contribution in [1.82, 2.24) is 5.32 Å². The molecule has 0 saturated carbocycles. The molecule has 6 aromatic rings. The van der Waals surface area contributed by atoms with Crippen molar-refractivity contribution >= 4 is 105 Å². The van der Waals surface area contributed by atoms with Crippen LogP contribution in [0.2, 0.25) is 30.1 Å². The third kappa shape index (κ3) is 17.5. The molecule has 2 heterocycles. The van der Waals surface area contributed by atoms with E-state index in [0.29, 0.717) is 36.5 Å². The van der Waals surface area contributed by atoms with Gasteiger partial charge in [0.1, 0.15) is 5.82 Å². The van der Waals surface area contributed by atoms with E-state index in [0.717, 1.165) is 61.4 Å². The van der Waals surface area contributed by atoms with E-state index in [1.54, 1.807) is 12.1 Å². The fourth-order valence-electron chi connectivity index (χ4n) is 6.93. The molecule has 0 aliphatic carbocycles. The standard InChI is InChI=1S/C23H18Cl3N3.C16H15Cl3N2.C7H4FN.CH2O3.2K.H/c1-27-19-7-9-20(10-8-19)28-12-13-29(22-11-6-18(25)14-21(22)26)23(15-28)16-2-4-17(24)5-3-16;17-12-3-1-11(2-4-12)16-10-20-7-8-21(16)15-6-5-13(18)9-14(15)19;1-9-7-4-2-6(8)3-5-7;2-1-4-3;;;/h2-11,14,23H,12-13,15H2;1-6,9,16,20H,7-8,10H2;2-5H;1,3H;;;/q;;;;2*+1;-1/p-1. The number of benzene rings is 6. The molecule has 2 fully saturated rings. The van der Waals surface area contributed by atoms with Crippen LogP contribution in [0.1, 0.15) is 24.6 Å². The number of carbonyl (C=O) groups is 1. The first-order valence-corrected chi connectivity index (χ1v) is 21.4. The normalized spacial score (nSPS) is 15.0. The van der Waals surface area contributed by atoms with Crippen LogP contribution in [-0.2, 0) is 9.68 Å². The van der Waals surface area contributed by atoms with Gasteiger partial charge in [-0.15, -0.1) is 0 Å². The Bertz CT molecular complexity index is 2510. The fourth-order valence-corrected chi connectivity index (χ4v) is 8.22. The summed E-state index contributed by atoms with van der Waals surface area (Å²) >= 11 is 37.1. The average Bonchev–Trinajstić information content (AvgIpc) is 3.30. The quantitative estimate of drug-likeness (QED) is 0.0634. The van der Waals surface area contributed by atoms with E-state index >= 15 is 0 Å². The minimum Gasteiger partial charge on any atom is -1.00 e. The molecule has 6 aromatic carbocycles. The van der Waals surface area contributed by atoms with Crippen molar-refractivity contribution in [3.63, 3.8) is 0 Å². The van der Waals surface area contributed by atoms with Gasteiger partial charge in [-0.3, -0.25) is 4.79 Å². The third-order valence-corrected chi connectivity index (χ3v) is 11.5. The van der Waals surface area contributed by atoms with Crippen molar-refractivity contribution in [2.75, 3.05) is 54.0 Å².